The number of hydrogen-bond acceptors (Lipinski definition) is 3. The first-order valence-electron chi connectivity index (χ1n) is 9.83. The van der Waals surface area contributed by atoms with Crippen LogP contribution < -0.4 is 5.32 Å². The van der Waals surface area contributed by atoms with E-state index >= 15 is 0 Å². The van der Waals surface area contributed by atoms with Gasteiger partial charge in [0.1, 0.15) is 6.26 Å². The lowest BCUT2D eigenvalue weighted by molar-refractivity contribution is -0.132. The van der Waals surface area contributed by atoms with Crippen molar-refractivity contribution in [2.24, 2.45) is 5.41 Å². The number of nitrogens with one attached hydrogen (secondary N) is 1. The number of carbonyl (C=O) groups is 2. The number of furan rings is 1. The Morgan fingerprint density at radius 3 is 2.74 bits per heavy atom. The molecule has 3 heterocycles. The molecule has 0 aliphatic carbocycles. The SMILES string of the molecule is CCCNC(=O)[C@]1(Cc2ccccc2)C[C@@H]2CC[C@H]1N2C(=O)c1ccoc1. The Kier molecular flexibility index (Phi) is 4.77. The van der Waals surface area contributed by atoms with Crippen molar-refractivity contribution in [3.63, 3.8) is 0 Å². The highest BCUT2D eigenvalue weighted by Gasteiger charge is 2.61. The average Bonchev–Trinajstić information content (AvgIpc) is 3.42. The van der Waals surface area contributed by atoms with E-state index in [4.69, 9.17) is 4.42 Å². The number of nitrogens with zero attached hydrogens (tertiary/aromatic N) is 1. The molecule has 2 saturated heterocycles. The van der Waals surface area contributed by atoms with Gasteiger partial charge in [-0.25, -0.2) is 0 Å². The summed E-state index contributed by atoms with van der Waals surface area (Å²) in [4.78, 5) is 28.3. The Morgan fingerprint density at radius 1 is 1.22 bits per heavy atom. The molecule has 1 aromatic carbocycles. The standard InChI is InChI=1S/C22H26N2O3/c1-2-11-23-21(26)22(13-16-6-4-3-5-7-16)14-18-8-9-19(22)24(18)20(25)17-10-12-27-15-17/h3-7,10,12,15,18-19H,2,8-9,11,13-14H2,1H3,(H,23,26)/t18-,19+,22+/m0/s1. The van der Waals surface area contributed by atoms with Crippen molar-refractivity contribution in [1.82, 2.24) is 10.2 Å². The maximum atomic E-state index is 13.3. The minimum atomic E-state index is -0.557. The van der Waals surface area contributed by atoms with Gasteiger partial charge in [-0.3, -0.25) is 9.59 Å². The minimum Gasteiger partial charge on any atom is -0.472 e. The van der Waals surface area contributed by atoms with Crippen LogP contribution in [0.15, 0.2) is 53.3 Å². The van der Waals surface area contributed by atoms with E-state index in [1.54, 1.807) is 6.07 Å². The molecule has 2 amide bonds. The summed E-state index contributed by atoms with van der Waals surface area (Å²) in [5.41, 5.74) is 1.16. The molecule has 2 bridgehead atoms. The third kappa shape index (κ3) is 3.05. The molecule has 2 aliphatic heterocycles. The molecule has 1 N–H and O–H groups in total. The Hall–Kier alpha value is -2.56. The molecular formula is C22H26N2O3. The number of rotatable bonds is 6. The molecule has 0 spiro atoms. The Morgan fingerprint density at radius 2 is 2.04 bits per heavy atom. The summed E-state index contributed by atoms with van der Waals surface area (Å²) in [5.74, 6) is 0.0693. The van der Waals surface area contributed by atoms with E-state index in [-0.39, 0.29) is 23.9 Å². The van der Waals surface area contributed by atoms with Crippen LogP contribution in [0.2, 0.25) is 0 Å². The van der Waals surface area contributed by atoms with Crippen LogP contribution in [0.3, 0.4) is 0 Å². The highest BCUT2D eigenvalue weighted by Crippen LogP contribution is 2.52. The zero-order valence-electron chi connectivity index (χ0n) is 15.7. The Balaban J connectivity index is 1.67. The van der Waals surface area contributed by atoms with E-state index in [0.717, 1.165) is 31.2 Å². The molecule has 2 aromatic rings. The molecule has 3 atom stereocenters. The minimum absolute atomic E-state index is 0.0190. The highest BCUT2D eigenvalue weighted by atomic mass is 16.3. The van der Waals surface area contributed by atoms with Gasteiger partial charge in [0.05, 0.1) is 17.2 Å². The lowest BCUT2D eigenvalue weighted by Crippen LogP contribution is -2.51. The second-order valence-corrected chi connectivity index (χ2v) is 7.75. The van der Waals surface area contributed by atoms with Crippen molar-refractivity contribution in [3.8, 4) is 0 Å². The van der Waals surface area contributed by atoms with Crippen LogP contribution in [0.25, 0.3) is 0 Å². The van der Waals surface area contributed by atoms with Gasteiger partial charge >= 0.3 is 0 Å². The molecule has 4 rings (SSSR count). The fraction of sp³-hybridized carbons (Fsp3) is 0.455. The average molecular weight is 366 g/mol. The topological polar surface area (TPSA) is 62.6 Å². The summed E-state index contributed by atoms with van der Waals surface area (Å²) >= 11 is 0. The molecule has 0 unspecified atom stereocenters. The summed E-state index contributed by atoms with van der Waals surface area (Å²) in [6, 6.07) is 11.9. The molecule has 0 radical (unpaired) electrons. The largest absolute Gasteiger partial charge is 0.472 e. The fourth-order valence-electron chi connectivity index (χ4n) is 4.91. The van der Waals surface area contributed by atoms with Crippen molar-refractivity contribution < 1.29 is 14.0 Å². The van der Waals surface area contributed by atoms with Gasteiger partial charge in [0.2, 0.25) is 5.91 Å². The number of amides is 2. The van der Waals surface area contributed by atoms with Crippen LogP contribution in [0.5, 0.6) is 0 Å². The van der Waals surface area contributed by atoms with Crippen molar-refractivity contribution in [2.45, 2.75) is 51.1 Å². The smallest absolute Gasteiger partial charge is 0.257 e. The molecule has 5 nitrogen and oxygen atoms in total. The van der Waals surface area contributed by atoms with E-state index in [2.05, 4.69) is 24.4 Å². The summed E-state index contributed by atoms with van der Waals surface area (Å²) in [6.07, 6.45) is 7.16. The van der Waals surface area contributed by atoms with Crippen LogP contribution in [0.4, 0.5) is 0 Å². The van der Waals surface area contributed by atoms with Crippen LogP contribution in [-0.4, -0.2) is 35.3 Å². The van der Waals surface area contributed by atoms with E-state index < -0.39 is 5.41 Å². The quantitative estimate of drug-likeness (QED) is 0.852. The van der Waals surface area contributed by atoms with Gasteiger partial charge in [0.25, 0.3) is 5.91 Å². The molecule has 1 aromatic heterocycles. The molecule has 5 heteroatoms. The predicted molar refractivity (Wildman–Crippen MR) is 102 cm³/mol. The van der Waals surface area contributed by atoms with Crippen molar-refractivity contribution in [2.75, 3.05) is 6.54 Å². The molecular weight excluding hydrogens is 340 g/mol. The zero-order chi connectivity index (χ0) is 18.9. The normalized spacial score (nSPS) is 26.3. The summed E-state index contributed by atoms with van der Waals surface area (Å²) in [5, 5.41) is 3.12. The molecule has 27 heavy (non-hydrogen) atoms. The predicted octanol–water partition coefficient (Wildman–Crippen LogP) is 3.41. The summed E-state index contributed by atoms with van der Waals surface area (Å²) in [7, 11) is 0. The monoisotopic (exact) mass is 366 g/mol. The van der Waals surface area contributed by atoms with Crippen molar-refractivity contribution in [1.29, 1.82) is 0 Å². The van der Waals surface area contributed by atoms with Gasteiger partial charge in [0.15, 0.2) is 0 Å². The first-order chi connectivity index (χ1) is 13.2. The Labute approximate surface area is 159 Å². The summed E-state index contributed by atoms with van der Waals surface area (Å²) < 4.78 is 5.11. The van der Waals surface area contributed by atoms with Crippen molar-refractivity contribution >= 4 is 11.8 Å². The maximum absolute atomic E-state index is 13.3. The maximum Gasteiger partial charge on any atom is 0.257 e. The van der Waals surface area contributed by atoms with E-state index in [0.29, 0.717) is 18.5 Å². The first kappa shape index (κ1) is 17.8. The van der Waals surface area contributed by atoms with Gasteiger partial charge < -0.3 is 14.6 Å². The zero-order valence-corrected chi connectivity index (χ0v) is 15.7. The van der Waals surface area contributed by atoms with Crippen molar-refractivity contribution in [3.05, 3.63) is 60.1 Å². The van der Waals surface area contributed by atoms with Gasteiger partial charge in [-0.15, -0.1) is 0 Å². The molecule has 142 valence electrons. The van der Waals surface area contributed by atoms with Crippen LogP contribution in [0, 0.1) is 5.41 Å². The molecule has 2 fully saturated rings. The van der Waals surface area contributed by atoms with Gasteiger partial charge in [-0.2, -0.15) is 0 Å². The van der Waals surface area contributed by atoms with Gasteiger partial charge in [-0.05, 0) is 43.7 Å². The third-order valence-corrected chi connectivity index (χ3v) is 6.09. The van der Waals surface area contributed by atoms with Crippen LogP contribution in [0.1, 0.15) is 48.5 Å². The first-order valence-corrected chi connectivity index (χ1v) is 9.83. The van der Waals surface area contributed by atoms with E-state index in [1.807, 2.05) is 23.1 Å². The second-order valence-electron chi connectivity index (χ2n) is 7.75. The molecule has 0 saturated carbocycles. The molecule has 2 aliphatic rings. The van der Waals surface area contributed by atoms with Gasteiger partial charge in [-0.1, -0.05) is 37.3 Å². The number of benzene rings is 1. The number of fused-ring (bicyclic) bond motifs is 2. The van der Waals surface area contributed by atoms with E-state index in [1.165, 1.54) is 12.5 Å². The van der Waals surface area contributed by atoms with Crippen LogP contribution in [-0.2, 0) is 11.2 Å². The highest BCUT2D eigenvalue weighted by molar-refractivity contribution is 5.96. The van der Waals surface area contributed by atoms with E-state index in [9.17, 15) is 9.59 Å². The van der Waals surface area contributed by atoms with Gasteiger partial charge in [0, 0.05) is 18.6 Å². The lowest BCUT2D eigenvalue weighted by Gasteiger charge is -2.36. The Bertz CT molecular complexity index is 802. The third-order valence-electron chi connectivity index (χ3n) is 6.09. The number of carbonyl (C=O) groups excluding carboxylic acids is 2. The van der Waals surface area contributed by atoms with Crippen LogP contribution >= 0.6 is 0 Å². The number of hydrogen-bond donors (Lipinski definition) is 1. The fourth-order valence-corrected chi connectivity index (χ4v) is 4.91. The summed E-state index contributed by atoms with van der Waals surface area (Å²) in [6.45, 7) is 2.72. The lowest BCUT2D eigenvalue weighted by atomic mass is 9.69. The second kappa shape index (κ2) is 7.22.